The van der Waals surface area contributed by atoms with Crippen molar-refractivity contribution in [2.45, 2.75) is 62.0 Å². The second-order valence-electron chi connectivity index (χ2n) is 7.02. The summed E-state index contributed by atoms with van der Waals surface area (Å²) in [5.41, 5.74) is 0.520. The van der Waals surface area contributed by atoms with Gasteiger partial charge in [-0.1, -0.05) is 24.8 Å². The standard InChI is InChI=1S/C19H25F3N2O5S/c1-4-10-7-9(5-6-11(10)27-3)8-28-16(19(20,21)22)15-14(26)13(25)12-17(29-15)30-18(23-2)24-12/h5-7,12-17,25-26H,4,8H2,1-3H3,(H,23,24)/t12-,13-,14+,15+,16-,17-/m1/s1. The quantitative estimate of drug-likeness (QED) is 0.609. The van der Waals surface area contributed by atoms with E-state index in [1.165, 1.54) is 7.11 Å². The molecule has 3 N–H and O–H groups in total. The Balaban J connectivity index is 1.77. The van der Waals surface area contributed by atoms with Gasteiger partial charge in [-0.25, -0.2) is 0 Å². The van der Waals surface area contributed by atoms with E-state index in [-0.39, 0.29) is 6.61 Å². The van der Waals surface area contributed by atoms with E-state index >= 15 is 0 Å². The molecule has 2 aliphatic rings. The van der Waals surface area contributed by atoms with Crippen LogP contribution in [0.1, 0.15) is 18.1 Å². The molecule has 2 aliphatic heterocycles. The van der Waals surface area contributed by atoms with Crippen LogP contribution in [-0.2, 0) is 22.5 Å². The number of rotatable bonds is 6. The number of fused-ring (bicyclic) bond motifs is 1. The molecule has 7 nitrogen and oxygen atoms in total. The van der Waals surface area contributed by atoms with Gasteiger partial charge in [0.1, 0.15) is 35.5 Å². The number of nitrogens with zero attached hydrogens (tertiary/aromatic N) is 1. The molecule has 0 aromatic heterocycles. The van der Waals surface area contributed by atoms with Gasteiger partial charge >= 0.3 is 6.18 Å². The van der Waals surface area contributed by atoms with Gasteiger partial charge in [-0.2, -0.15) is 13.2 Å². The number of hydrogen-bond donors (Lipinski definition) is 3. The second-order valence-corrected chi connectivity index (χ2v) is 8.10. The molecule has 0 unspecified atom stereocenters. The molecule has 3 rings (SSSR count). The number of aryl methyl sites for hydroxylation is 1. The van der Waals surface area contributed by atoms with Gasteiger partial charge in [0.25, 0.3) is 0 Å². The topological polar surface area (TPSA) is 92.5 Å². The molecule has 0 radical (unpaired) electrons. The minimum absolute atomic E-state index is 0.344. The number of hydrogen-bond acceptors (Lipinski definition) is 8. The first kappa shape index (κ1) is 23.1. The van der Waals surface area contributed by atoms with Gasteiger partial charge in [0.2, 0.25) is 0 Å². The fourth-order valence-electron chi connectivity index (χ4n) is 3.52. The molecule has 1 aromatic carbocycles. The van der Waals surface area contributed by atoms with Gasteiger partial charge in [-0.15, -0.1) is 0 Å². The molecule has 30 heavy (non-hydrogen) atoms. The molecule has 0 amide bonds. The number of aliphatic imine (C=N–C) groups is 1. The highest BCUT2D eigenvalue weighted by Crippen LogP contribution is 2.40. The summed E-state index contributed by atoms with van der Waals surface area (Å²) in [6.45, 7) is 1.56. The Morgan fingerprint density at radius 2 is 2.03 bits per heavy atom. The minimum Gasteiger partial charge on any atom is -0.496 e. The SMILES string of the molecule is CCc1cc(CO[C@H]([C@H]2O[C@@H]3SC(NC)=N[C@@H]3[C@@H](O)[C@@H]2O)C(F)(F)F)ccc1OC. The summed E-state index contributed by atoms with van der Waals surface area (Å²) in [5.74, 6) is 0.646. The van der Waals surface area contributed by atoms with Crippen molar-refractivity contribution in [3.63, 3.8) is 0 Å². The van der Waals surface area contributed by atoms with Gasteiger partial charge in [0, 0.05) is 7.05 Å². The number of benzene rings is 1. The van der Waals surface area contributed by atoms with Gasteiger partial charge in [-0.05, 0) is 29.7 Å². The Morgan fingerprint density at radius 1 is 1.30 bits per heavy atom. The Morgan fingerprint density at radius 3 is 2.63 bits per heavy atom. The monoisotopic (exact) mass is 450 g/mol. The first-order valence-electron chi connectivity index (χ1n) is 9.47. The third-order valence-electron chi connectivity index (χ3n) is 5.09. The number of amidine groups is 1. The van der Waals surface area contributed by atoms with Crippen LogP contribution in [0.5, 0.6) is 5.75 Å². The van der Waals surface area contributed by atoms with Crippen LogP contribution in [0.3, 0.4) is 0 Å². The summed E-state index contributed by atoms with van der Waals surface area (Å²) in [6, 6.07) is 4.15. The Kier molecular flexibility index (Phi) is 7.18. The van der Waals surface area contributed by atoms with Crippen molar-refractivity contribution < 1.29 is 37.6 Å². The van der Waals surface area contributed by atoms with Crippen molar-refractivity contribution in [3.05, 3.63) is 29.3 Å². The maximum absolute atomic E-state index is 13.8. The van der Waals surface area contributed by atoms with Crippen LogP contribution in [0.25, 0.3) is 0 Å². The van der Waals surface area contributed by atoms with Crippen molar-refractivity contribution in [2.24, 2.45) is 4.99 Å². The molecule has 1 fully saturated rings. The van der Waals surface area contributed by atoms with E-state index in [1.807, 2.05) is 6.92 Å². The third-order valence-corrected chi connectivity index (χ3v) is 6.25. The lowest BCUT2D eigenvalue weighted by molar-refractivity contribution is -0.286. The Labute approximate surface area is 176 Å². The molecule has 0 bridgehead atoms. The van der Waals surface area contributed by atoms with Crippen LogP contribution in [0, 0.1) is 0 Å². The number of ether oxygens (including phenoxy) is 3. The van der Waals surface area contributed by atoms with E-state index in [1.54, 1.807) is 25.2 Å². The average Bonchev–Trinajstić information content (AvgIpc) is 3.14. The molecule has 2 heterocycles. The summed E-state index contributed by atoms with van der Waals surface area (Å²) in [7, 11) is 3.12. The number of halogens is 3. The molecule has 1 saturated heterocycles. The van der Waals surface area contributed by atoms with E-state index < -0.39 is 42.1 Å². The van der Waals surface area contributed by atoms with Crippen molar-refractivity contribution in [2.75, 3.05) is 14.2 Å². The smallest absolute Gasteiger partial charge is 0.417 e. The number of alkyl halides is 3. The molecule has 168 valence electrons. The van der Waals surface area contributed by atoms with Gasteiger partial charge in [0.15, 0.2) is 11.3 Å². The molecule has 6 atom stereocenters. The van der Waals surface area contributed by atoms with Crippen LogP contribution in [-0.4, -0.2) is 71.6 Å². The summed E-state index contributed by atoms with van der Waals surface area (Å²) in [5, 5.41) is 23.9. The van der Waals surface area contributed by atoms with Crippen LogP contribution in [0.15, 0.2) is 23.2 Å². The second kappa shape index (κ2) is 9.31. The van der Waals surface area contributed by atoms with Gasteiger partial charge < -0.3 is 29.7 Å². The zero-order chi connectivity index (χ0) is 22.1. The van der Waals surface area contributed by atoms with Crippen LogP contribution in [0.4, 0.5) is 13.2 Å². The minimum atomic E-state index is -4.81. The maximum atomic E-state index is 13.8. The van der Waals surface area contributed by atoms with E-state index in [2.05, 4.69) is 10.3 Å². The Bertz CT molecular complexity index is 779. The molecule has 1 aromatic rings. The highest BCUT2D eigenvalue weighted by atomic mass is 32.2. The lowest BCUT2D eigenvalue weighted by Gasteiger charge is -2.41. The number of thioether (sulfide) groups is 1. The largest absolute Gasteiger partial charge is 0.496 e. The van der Waals surface area contributed by atoms with Crippen LogP contribution in [0.2, 0.25) is 0 Å². The first-order valence-corrected chi connectivity index (χ1v) is 10.4. The predicted molar refractivity (Wildman–Crippen MR) is 106 cm³/mol. The van der Waals surface area contributed by atoms with Gasteiger partial charge in [-0.3, -0.25) is 4.99 Å². The third kappa shape index (κ3) is 4.70. The van der Waals surface area contributed by atoms with Gasteiger partial charge in [0.05, 0.1) is 13.7 Å². The van der Waals surface area contributed by atoms with E-state index in [9.17, 15) is 23.4 Å². The average molecular weight is 450 g/mol. The molecule has 0 spiro atoms. The zero-order valence-electron chi connectivity index (χ0n) is 16.7. The first-order chi connectivity index (χ1) is 14.2. The zero-order valence-corrected chi connectivity index (χ0v) is 17.5. The fraction of sp³-hybridized carbons (Fsp3) is 0.632. The molecular weight excluding hydrogens is 425 g/mol. The fourth-order valence-corrected chi connectivity index (χ4v) is 4.58. The highest BCUT2D eigenvalue weighted by molar-refractivity contribution is 8.14. The number of nitrogens with one attached hydrogen (secondary N) is 1. The van der Waals surface area contributed by atoms with E-state index in [0.29, 0.717) is 22.9 Å². The Hall–Kier alpha value is -1.53. The van der Waals surface area contributed by atoms with E-state index in [4.69, 9.17) is 14.2 Å². The molecule has 0 saturated carbocycles. The van der Waals surface area contributed by atoms with Crippen molar-refractivity contribution in [1.82, 2.24) is 5.32 Å². The number of methoxy groups -OCH3 is 1. The van der Waals surface area contributed by atoms with Crippen molar-refractivity contribution in [3.8, 4) is 5.75 Å². The molecular formula is C19H25F3N2O5S. The van der Waals surface area contributed by atoms with Crippen LogP contribution >= 0.6 is 11.8 Å². The van der Waals surface area contributed by atoms with Crippen molar-refractivity contribution in [1.29, 1.82) is 0 Å². The molecule has 0 aliphatic carbocycles. The van der Waals surface area contributed by atoms with Crippen molar-refractivity contribution >= 4 is 16.9 Å². The summed E-state index contributed by atoms with van der Waals surface area (Å²) >= 11 is 1.06. The van der Waals surface area contributed by atoms with Crippen LogP contribution < -0.4 is 10.1 Å². The molecule has 11 heteroatoms. The normalized spacial score (nSPS) is 29.9. The number of aliphatic hydroxyl groups is 2. The lowest BCUT2D eigenvalue weighted by Crippen LogP contribution is -2.61. The summed E-state index contributed by atoms with van der Waals surface area (Å²) in [4.78, 5) is 4.14. The summed E-state index contributed by atoms with van der Waals surface area (Å²) < 4.78 is 57.3. The maximum Gasteiger partial charge on any atom is 0.417 e. The number of aliphatic hydroxyl groups excluding tert-OH is 2. The van der Waals surface area contributed by atoms with E-state index in [0.717, 1.165) is 17.3 Å². The lowest BCUT2D eigenvalue weighted by atomic mass is 9.94. The summed E-state index contributed by atoms with van der Waals surface area (Å²) in [6.07, 6.45) is -11.7. The predicted octanol–water partition coefficient (Wildman–Crippen LogP) is 1.84. The highest BCUT2D eigenvalue weighted by Gasteiger charge is 2.57.